The van der Waals surface area contributed by atoms with Crippen LogP contribution in [0.2, 0.25) is 0 Å². The molecule has 0 spiro atoms. The molecule has 0 fully saturated rings. The monoisotopic (exact) mass is 315 g/mol. The van der Waals surface area contributed by atoms with Crippen LogP contribution >= 0.6 is 11.3 Å². The molecule has 0 aliphatic rings. The molecule has 7 heteroatoms. The van der Waals surface area contributed by atoms with Gasteiger partial charge in [0.2, 0.25) is 0 Å². The molecule has 6 nitrogen and oxygen atoms in total. The van der Waals surface area contributed by atoms with Gasteiger partial charge in [0.05, 0.1) is 23.9 Å². The second-order valence-electron chi connectivity index (χ2n) is 4.72. The smallest absolute Gasteiger partial charge is 0.260 e. The van der Waals surface area contributed by atoms with Gasteiger partial charge in [-0.05, 0) is 11.1 Å². The molecule has 0 unspecified atom stereocenters. The van der Waals surface area contributed by atoms with Crippen LogP contribution in [0.1, 0.15) is 21.5 Å². The van der Waals surface area contributed by atoms with Crippen LogP contribution in [0.4, 0.5) is 0 Å². The van der Waals surface area contributed by atoms with Crippen molar-refractivity contribution in [2.45, 2.75) is 13.2 Å². The van der Waals surface area contributed by atoms with Gasteiger partial charge in [-0.15, -0.1) is 11.3 Å². The Morgan fingerprint density at radius 2 is 2.00 bits per heavy atom. The molecule has 2 aromatic heterocycles. The Balaban J connectivity index is 1.77. The lowest BCUT2D eigenvalue weighted by Crippen LogP contribution is -2.23. The first-order valence-electron chi connectivity index (χ1n) is 6.61. The average Bonchev–Trinajstić information content (AvgIpc) is 2.98. The van der Waals surface area contributed by atoms with Gasteiger partial charge in [-0.2, -0.15) is 0 Å². The van der Waals surface area contributed by atoms with E-state index in [0.29, 0.717) is 22.3 Å². The van der Waals surface area contributed by atoms with Crippen molar-refractivity contribution >= 4 is 27.5 Å². The molecule has 0 atom stereocenters. The maximum atomic E-state index is 12.2. The number of amides is 1. The highest BCUT2D eigenvalue weighted by Crippen LogP contribution is 2.20. The Hall–Kier alpha value is -2.51. The number of aliphatic hydroxyl groups is 1. The molecule has 3 N–H and O–H groups in total. The normalized spacial score (nSPS) is 10.8. The van der Waals surface area contributed by atoms with Gasteiger partial charge in [0.15, 0.2) is 0 Å². The minimum atomic E-state index is -0.316. The van der Waals surface area contributed by atoms with Crippen LogP contribution in [0.5, 0.6) is 0 Å². The first-order valence-corrected chi connectivity index (χ1v) is 7.49. The van der Waals surface area contributed by atoms with Crippen molar-refractivity contribution in [3.05, 3.63) is 63.0 Å². The van der Waals surface area contributed by atoms with Crippen LogP contribution in [-0.2, 0) is 13.2 Å². The summed E-state index contributed by atoms with van der Waals surface area (Å²) in [5.74, 6) is -0.309. The first-order chi connectivity index (χ1) is 10.7. The number of nitrogens with zero attached hydrogens (tertiary/aromatic N) is 1. The van der Waals surface area contributed by atoms with Crippen molar-refractivity contribution < 1.29 is 9.90 Å². The molecular weight excluding hydrogens is 302 g/mol. The van der Waals surface area contributed by atoms with Crippen LogP contribution in [0.25, 0.3) is 10.2 Å². The molecule has 0 radical (unpaired) electrons. The standard InChI is InChI=1S/C15H13N3O3S/c19-6-10-3-1-9(2-4-10)5-16-13(20)11-7-22-15-12(11)14(21)17-8-18-15/h1-4,7-8,19H,5-6H2,(H,16,20)(H,17,18,21). The summed E-state index contributed by atoms with van der Waals surface area (Å²) >= 11 is 1.26. The van der Waals surface area contributed by atoms with E-state index in [1.807, 2.05) is 12.1 Å². The highest BCUT2D eigenvalue weighted by Gasteiger charge is 2.15. The van der Waals surface area contributed by atoms with E-state index in [1.54, 1.807) is 17.5 Å². The number of aliphatic hydroxyl groups excluding tert-OH is 1. The minimum absolute atomic E-state index is 0.0106. The molecule has 3 aromatic rings. The molecule has 2 heterocycles. The zero-order chi connectivity index (χ0) is 15.5. The molecular formula is C15H13N3O3S. The number of rotatable bonds is 4. The molecule has 22 heavy (non-hydrogen) atoms. The van der Waals surface area contributed by atoms with E-state index in [4.69, 9.17) is 5.11 Å². The maximum Gasteiger partial charge on any atom is 0.260 e. The quantitative estimate of drug-likeness (QED) is 0.678. The van der Waals surface area contributed by atoms with Crippen LogP contribution in [0.15, 0.2) is 40.8 Å². The molecule has 0 saturated carbocycles. The zero-order valence-corrected chi connectivity index (χ0v) is 12.3. The molecule has 0 aliphatic carbocycles. The lowest BCUT2D eigenvalue weighted by Gasteiger charge is -2.05. The van der Waals surface area contributed by atoms with Gasteiger partial charge < -0.3 is 15.4 Å². The Morgan fingerprint density at radius 1 is 1.27 bits per heavy atom. The highest BCUT2D eigenvalue weighted by molar-refractivity contribution is 7.17. The lowest BCUT2D eigenvalue weighted by molar-refractivity contribution is 0.0953. The Bertz CT molecular complexity index is 868. The van der Waals surface area contributed by atoms with Crippen molar-refractivity contribution in [2.24, 2.45) is 0 Å². The van der Waals surface area contributed by atoms with Gasteiger partial charge in [-0.25, -0.2) is 4.98 Å². The van der Waals surface area contributed by atoms with E-state index in [0.717, 1.165) is 11.1 Å². The third kappa shape index (κ3) is 2.76. The van der Waals surface area contributed by atoms with Crippen LogP contribution in [0, 0.1) is 0 Å². The van der Waals surface area contributed by atoms with E-state index in [1.165, 1.54) is 17.7 Å². The molecule has 3 rings (SSSR count). The summed E-state index contributed by atoms with van der Waals surface area (Å²) in [6, 6.07) is 7.28. The number of benzene rings is 1. The summed E-state index contributed by atoms with van der Waals surface area (Å²) < 4.78 is 0. The van der Waals surface area contributed by atoms with Crippen molar-refractivity contribution in [1.29, 1.82) is 0 Å². The maximum absolute atomic E-state index is 12.2. The van der Waals surface area contributed by atoms with E-state index in [2.05, 4.69) is 15.3 Å². The summed E-state index contributed by atoms with van der Waals surface area (Å²) in [6.45, 7) is 0.337. The van der Waals surface area contributed by atoms with Gasteiger partial charge in [-0.3, -0.25) is 9.59 Å². The number of aromatic nitrogens is 2. The summed E-state index contributed by atoms with van der Waals surface area (Å²) in [5.41, 5.74) is 1.75. The van der Waals surface area contributed by atoms with E-state index in [9.17, 15) is 9.59 Å². The number of thiophene rings is 1. The molecule has 112 valence electrons. The summed E-state index contributed by atoms with van der Waals surface area (Å²) in [6.07, 6.45) is 1.32. The van der Waals surface area contributed by atoms with Gasteiger partial charge in [-0.1, -0.05) is 24.3 Å². The zero-order valence-electron chi connectivity index (χ0n) is 11.5. The number of hydrogen-bond acceptors (Lipinski definition) is 5. The SMILES string of the molecule is O=C(NCc1ccc(CO)cc1)c1csc2nc[nH]c(=O)c12. The molecule has 1 amide bonds. The summed E-state index contributed by atoms with van der Waals surface area (Å²) in [7, 11) is 0. The van der Waals surface area contributed by atoms with Gasteiger partial charge in [0.25, 0.3) is 11.5 Å². The number of carbonyl (C=O) groups is 1. The minimum Gasteiger partial charge on any atom is -0.392 e. The second kappa shape index (κ2) is 6.08. The van der Waals surface area contributed by atoms with Crippen LogP contribution in [0.3, 0.4) is 0 Å². The number of H-pyrrole nitrogens is 1. The average molecular weight is 315 g/mol. The van der Waals surface area contributed by atoms with Crippen LogP contribution in [-0.4, -0.2) is 21.0 Å². The predicted octanol–water partition coefficient (Wildman–Crippen LogP) is 1.41. The first kappa shape index (κ1) is 14.4. The number of nitrogens with one attached hydrogen (secondary N) is 2. The largest absolute Gasteiger partial charge is 0.392 e. The Labute approximate surface area is 129 Å². The number of hydrogen-bond donors (Lipinski definition) is 3. The fourth-order valence-electron chi connectivity index (χ4n) is 2.09. The van der Waals surface area contributed by atoms with E-state index in [-0.39, 0.29) is 18.1 Å². The fraction of sp³-hybridized carbons (Fsp3) is 0.133. The van der Waals surface area contributed by atoms with Gasteiger partial charge in [0.1, 0.15) is 4.83 Å². The number of carbonyl (C=O) groups excluding carboxylic acids is 1. The Kier molecular flexibility index (Phi) is 3.99. The second-order valence-corrected chi connectivity index (χ2v) is 5.58. The third-order valence-corrected chi connectivity index (χ3v) is 4.17. The van der Waals surface area contributed by atoms with E-state index >= 15 is 0 Å². The number of fused-ring (bicyclic) bond motifs is 1. The predicted molar refractivity (Wildman–Crippen MR) is 83.8 cm³/mol. The van der Waals surface area contributed by atoms with Crippen molar-refractivity contribution in [1.82, 2.24) is 15.3 Å². The van der Waals surface area contributed by atoms with Crippen molar-refractivity contribution in [3.63, 3.8) is 0 Å². The summed E-state index contributed by atoms with van der Waals surface area (Å²) in [5, 5.41) is 13.7. The lowest BCUT2D eigenvalue weighted by atomic mass is 10.1. The van der Waals surface area contributed by atoms with E-state index < -0.39 is 0 Å². The molecule has 1 aromatic carbocycles. The number of aromatic amines is 1. The van der Waals surface area contributed by atoms with Crippen molar-refractivity contribution in [2.75, 3.05) is 0 Å². The molecule has 0 bridgehead atoms. The van der Waals surface area contributed by atoms with Crippen molar-refractivity contribution in [3.8, 4) is 0 Å². The van der Waals surface area contributed by atoms with Crippen LogP contribution < -0.4 is 10.9 Å². The van der Waals surface area contributed by atoms with Gasteiger partial charge in [0, 0.05) is 11.9 Å². The summed E-state index contributed by atoms with van der Waals surface area (Å²) in [4.78, 5) is 31.1. The van der Waals surface area contributed by atoms with Gasteiger partial charge >= 0.3 is 0 Å². The Morgan fingerprint density at radius 3 is 2.73 bits per heavy atom. The fourth-order valence-corrected chi connectivity index (χ4v) is 2.98. The molecule has 0 aliphatic heterocycles. The highest BCUT2D eigenvalue weighted by atomic mass is 32.1. The topological polar surface area (TPSA) is 95.1 Å². The molecule has 0 saturated heterocycles. The third-order valence-electron chi connectivity index (χ3n) is 3.28.